The highest BCUT2D eigenvalue weighted by Crippen LogP contribution is 2.72. The van der Waals surface area contributed by atoms with E-state index in [2.05, 4.69) is 34.8 Å². The van der Waals surface area contributed by atoms with Crippen molar-refractivity contribution in [2.75, 3.05) is 75.2 Å². The lowest BCUT2D eigenvalue weighted by Gasteiger charge is -2.69. The summed E-state index contributed by atoms with van der Waals surface area (Å²) < 4.78 is 32.6. The van der Waals surface area contributed by atoms with E-state index in [4.69, 9.17) is 38.6 Å². The zero-order valence-electron chi connectivity index (χ0n) is 58.4. The molecule has 3 aromatic heterocycles. The fraction of sp³-hybridized carbons (Fsp3) is 0.486. The summed E-state index contributed by atoms with van der Waals surface area (Å²) in [5.41, 5.74) is 5.25. The third-order valence-electron chi connectivity index (χ3n) is 20.3. The van der Waals surface area contributed by atoms with Crippen molar-refractivity contribution in [3.05, 3.63) is 131 Å². The normalized spacial score (nSPS) is 25.1. The highest BCUT2D eigenvalue weighted by molar-refractivity contribution is 7.22. The Balaban J connectivity index is 0.597. The number of carboxylic acid groups (broad SMARTS) is 2. The predicted molar refractivity (Wildman–Crippen MR) is 378 cm³/mol. The minimum Gasteiger partial charge on any atom is -0.479 e. The number of aliphatic hydroxyl groups is 4. The van der Waals surface area contributed by atoms with Gasteiger partial charge >= 0.3 is 11.9 Å². The molecule has 4 aliphatic carbocycles. The zero-order chi connectivity index (χ0) is 73.7. The van der Waals surface area contributed by atoms with Crippen LogP contribution in [-0.4, -0.2) is 204 Å². The van der Waals surface area contributed by atoms with Crippen molar-refractivity contribution in [2.45, 2.75) is 154 Å². The first kappa shape index (κ1) is 74.8. The number of carbonyl (C=O) groups excluding carboxylic acids is 5. The Bertz CT molecular complexity index is 4200. The van der Waals surface area contributed by atoms with Crippen molar-refractivity contribution in [2.24, 2.45) is 16.2 Å². The van der Waals surface area contributed by atoms with E-state index in [1.807, 2.05) is 65.0 Å². The van der Waals surface area contributed by atoms with Crippen LogP contribution in [0.5, 0.6) is 5.75 Å². The number of pyridine rings is 1. The van der Waals surface area contributed by atoms with Gasteiger partial charge < -0.3 is 69.9 Å². The number of carbonyl (C=O) groups is 7. The molecule has 5 amide bonds. The number of unbranched alkanes of at least 4 members (excludes halogenated alkanes) is 2. The molecule has 3 unspecified atom stereocenters. The third-order valence-corrected chi connectivity index (χ3v) is 21.2. The molecule has 4 bridgehead atoms. The van der Waals surface area contributed by atoms with Crippen LogP contribution in [0.3, 0.4) is 0 Å². The number of hydrogen-bond acceptors (Lipinski definition) is 23. The SMILES string of the molecule is Cc1c(-c2ccc(N3CCc4cccc(C(=O)Nc5nc6ccccc6s5)c4C3)nc2C(=O)O)cnn1CC12CC3(C)CC(C)(C1)CC(OCCOCCON(C)C(O)OC/C=C/c1ccc(O[C@@H]4O[C@H](C(=O)O)[C@H](O)[C@H](O)[C@@H]4O)c(NC(=O)CCNC(=O)CCCCCN4C(=O)C=CC4=O)c1)(C3)C2. The van der Waals surface area contributed by atoms with Crippen LogP contribution in [0.4, 0.5) is 16.6 Å². The van der Waals surface area contributed by atoms with Crippen LogP contribution in [0.2, 0.25) is 0 Å². The molecule has 30 heteroatoms. The van der Waals surface area contributed by atoms with E-state index in [9.17, 15) is 64.2 Å². The first-order valence-corrected chi connectivity index (χ1v) is 35.8. The quantitative estimate of drug-likeness (QED) is 0.00906. The van der Waals surface area contributed by atoms with Crippen LogP contribution in [0.1, 0.15) is 128 Å². The molecule has 104 heavy (non-hydrogen) atoms. The second-order valence-corrected chi connectivity index (χ2v) is 29.8. The summed E-state index contributed by atoms with van der Waals surface area (Å²) in [4.78, 5) is 106. The van der Waals surface area contributed by atoms with Crippen LogP contribution in [-0.2, 0) is 67.3 Å². The lowest BCUT2D eigenvalue weighted by Crippen LogP contribution is -2.64. The standard InChI is InChI=1S/C74H88N10O19S/c1-44-49(47-19-21-55(79-60(47)66(93)94)82-28-25-46-13-10-14-48(50(46)36-82)65(92)80-69-78-51-15-7-8-16-54(51)104-69)35-76-84(44)43-73-38-71(2)37-72(3,39-73)41-74(40-71,42-73)100-32-30-98-31-33-101-81(4)70(97)99-29-11-12-45-18-20-53(102-68-63(91)61(89)62(90)64(103-68)67(95)96)52(34-45)77-57(86)24-26-75-56(85)17-6-5-9-27-83-58(87)22-23-59(83)88/h7-8,10-16,18-23,34-35,61-64,68,70,89-91,97H,5-6,9,17,24-33,36-43H2,1-4H3,(H,75,85)(H,77,86)(H,93,94)(H,95,96)(H,78,80,92)/b12-11+/t61-,62+,63-,64-,68+,70?,71?,72?,73?,74?/m0/s1. The van der Waals surface area contributed by atoms with Gasteiger partial charge in [0.15, 0.2) is 16.9 Å². The number of carboxylic acids is 2. The van der Waals surface area contributed by atoms with E-state index < -0.39 is 55.0 Å². The number of benzene rings is 3. The molecular weight excluding hydrogens is 1360 g/mol. The Morgan fingerprint density at radius 1 is 0.817 bits per heavy atom. The molecule has 6 aromatic rings. The molecular formula is C74H88N10O19S. The van der Waals surface area contributed by atoms with Crippen molar-refractivity contribution < 1.29 is 92.7 Å². The number of thiazole rings is 1. The van der Waals surface area contributed by atoms with E-state index in [0.717, 1.165) is 75.5 Å². The van der Waals surface area contributed by atoms with E-state index in [-0.39, 0.29) is 108 Å². The summed E-state index contributed by atoms with van der Waals surface area (Å²) in [5, 5.41) is 77.4. The van der Waals surface area contributed by atoms with Gasteiger partial charge in [0.25, 0.3) is 17.7 Å². The van der Waals surface area contributed by atoms with Gasteiger partial charge in [-0.3, -0.25) is 43.7 Å². The second kappa shape index (κ2) is 31.8. The monoisotopic (exact) mass is 1450 g/mol. The van der Waals surface area contributed by atoms with Gasteiger partial charge in [-0.05, 0) is 140 Å². The number of fused-ring (bicyclic) bond motifs is 2. The summed E-state index contributed by atoms with van der Waals surface area (Å²) in [6, 6.07) is 21.5. The van der Waals surface area contributed by atoms with E-state index in [1.165, 1.54) is 42.7 Å². The van der Waals surface area contributed by atoms with Crippen LogP contribution in [0, 0.1) is 23.2 Å². The molecule has 0 radical (unpaired) electrons. The van der Waals surface area contributed by atoms with Crippen LogP contribution >= 0.6 is 11.3 Å². The topological polar surface area (TPSA) is 386 Å². The predicted octanol–water partition coefficient (Wildman–Crippen LogP) is 6.60. The Kier molecular flexibility index (Phi) is 22.9. The van der Waals surface area contributed by atoms with E-state index in [0.29, 0.717) is 91.7 Å². The van der Waals surface area contributed by atoms with Gasteiger partial charge in [-0.25, -0.2) is 19.6 Å². The summed E-state index contributed by atoms with van der Waals surface area (Å²) >= 11 is 1.41. The van der Waals surface area contributed by atoms with Gasteiger partial charge in [0.2, 0.25) is 24.5 Å². The van der Waals surface area contributed by atoms with Crippen molar-refractivity contribution >= 4 is 85.7 Å². The number of aromatic nitrogens is 4. The van der Waals surface area contributed by atoms with Crippen LogP contribution < -0.4 is 25.6 Å². The number of hydroxylamine groups is 2. The Morgan fingerprint density at radius 2 is 1.59 bits per heavy atom. The van der Waals surface area contributed by atoms with Gasteiger partial charge in [0.1, 0.15) is 29.9 Å². The van der Waals surface area contributed by atoms with Gasteiger partial charge in [-0.2, -0.15) is 5.10 Å². The largest absolute Gasteiger partial charge is 0.479 e. The number of nitrogens with zero attached hydrogens (tertiary/aromatic N) is 7. The number of imide groups is 1. The van der Waals surface area contributed by atoms with Gasteiger partial charge in [-0.15, -0.1) is 5.06 Å². The number of amides is 5. The smallest absolute Gasteiger partial charge is 0.355 e. The number of para-hydroxylation sites is 1. The molecule has 13 rings (SSSR count). The molecule has 554 valence electrons. The summed E-state index contributed by atoms with van der Waals surface area (Å²) in [6.07, 6.45) is 4.27. The molecule has 8 atom stereocenters. The molecule has 1 saturated heterocycles. The van der Waals surface area contributed by atoms with Crippen molar-refractivity contribution in [3.8, 4) is 16.9 Å². The van der Waals surface area contributed by atoms with E-state index in [1.54, 1.807) is 30.5 Å². The lowest BCUT2D eigenvalue weighted by atomic mass is 9.39. The van der Waals surface area contributed by atoms with Crippen molar-refractivity contribution in [3.63, 3.8) is 0 Å². The Hall–Kier alpha value is -8.92. The fourth-order valence-electron chi connectivity index (χ4n) is 16.7. The molecule has 3 aromatic carbocycles. The average molecular weight is 1450 g/mol. The molecule has 29 nitrogen and oxygen atoms in total. The first-order chi connectivity index (χ1) is 49.8. The second-order valence-electron chi connectivity index (χ2n) is 28.7. The summed E-state index contributed by atoms with van der Waals surface area (Å²) in [6.45, 7) is 9.35. The Labute approximate surface area is 603 Å². The number of nitrogens with one attached hydrogen (secondary N) is 3. The highest BCUT2D eigenvalue weighted by atomic mass is 32.1. The Morgan fingerprint density at radius 3 is 2.35 bits per heavy atom. The number of ether oxygens (including phenoxy) is 5. The minimum atomic E-state index is -1.97. The molecule has 6 heterocycles. The first-order valence-electron chi connectivity index (χ1n) is 34.9. The molecule has 3 aliphatic heterocycles. The van der Waals surface area contributed by atoms with Crippen molar-refractivity contribution in [1.82, 2.24) is 35.0 Å². The number of aliphatic carboxylic acids is 1. The zero-order valence-corrected chi connectivity index (χ0v) is 59.2. The molecule has 0 spiro atoms. The van der Waals surface area contributed by atoms with Crippen molar-refractivity contribution in [1.29, 1.82) is 0 Å². The summed E-state index contributed by atoms with van der Waals surface area (Å²) in [7, 11) is 1.49. The molecule has 7 aliphatic rings. The minimum absolute atomic E-state index is 0.0277. The van der Waals surface area contributed by atoms with Gasteiger partial charge in [-0.1, -0.05) is 74.1 Å². The summed E-state index contributed by atoms with van der Waals surface area (Å²) in [5.74, 6) is -4.27. The van der Waals surface area contributed by atoms with Crippen LogP contribution in [0.25, 0.3) is 27.4 Å². The molecule has 5 fully saturated rings. The average Bonchev–Trinajstić information content (AvgIpc) is 0.734. The maximum atomic E-state index is 13.8. The van der Waals surface area contributed by atoms with Gasteiger partial charge in [0, 0.05) is 87.1 Å². The number of rotatable bonds is 33. The molecule has 4 saturated carbocycles. The maximum absolute atomic E-state index is 13.8. The lowest BCUT2D eigenvalue weighted by molar-refractivity contribution is -0.311. The van der Waals surface area contributed by atoms with Gasteiger partial charge in [0.05, 0.1) is 60.7 Å². The number of hydrogen-bond donors (Lipinski definition) is 9. The maximum Gasteiger partial charge on any atom is 0.355 e. The third kappa shape index (κ3) is 17.2. The highest BCUT2D eigenvalue weighted by Gasteiger charge is 2.66. The fourth-order valence-corrected chi connectivity index (χ4v) is 17.6. The number of aliphatic hydroxyl groups excluding tert-OH is 4. The van der Waals surface area contributed by atoms with Crippen LogP contribution in [0.15, 0.2) is 97.2 Å². The molecule has 9 N–H and O–H groups in total. The van der Waals surface area contributed by atoms with E-state index >= 15 is 0 Å². The number of aromatic carboxylic acids is 1. The number of anilines is 3.